The summed E-state index contributed by atoms with van der Waals surface area (Å²) in [7, 11) is 0. The van der Waals surface area contributed by atoms with E-state index >= 15 is 0 Å². The number of rotatable bonds is 13. The van der Waals surface area contributed by atoms with Crippen LogP contribution in [0.1, 0.15) is 75.3 Å². The van der Waals surface area contributed by atoms with Crippen molar-refractivity contribution in [2.75, 3.05) is 24.7 Å². The number of anilines is 1. The molecule has 0 N–H and O–H groups in total. The Morgan fingerprint density at radius 3 is 2.37 bits per heavy atom. The van der Waals surface area contributed by atoms with E-state index in [0.717, 1.165) is 86.1 Å². The first-order valence-electron chi connectivity index (χ1n) is 14.3. The van der Waals surface area contributed by atoms with Crippen molar-refractivity contribution < 1.29 is 18.6 Å². The van der Waals surface area contributed by atoms with Gasteiger partial charge in [-0.1, -0.05) is 22.8 Å². The van der Waals surface area contributed by atoms with Gasteiger partial charge in [0.2, 0.25) is 11.8 Å². The monoisotopic (exact) mass is 519 g/mol. The summed E-state index contributed by atoms with van der Waals surface area (Å²) in [6.45, 7) is 1.94. The molecule has 3 aliphatic rings. The average molecular weight is 520 g/mol. The van der Waals surface area contributed by atoms with E-state index in [2.05, 4.69) is 20.3 Å². The summed E-state index contributed by atoms with van der Waals surface area (Å²) in [4.78, 5) is 24.8. The van der Waals surface area contributed by atoms with Crippen LogP contribution in [0.2, 0.25) is 0 Å². The zero-order chi connectivity index (χ0) is 25.7. The molecule has 1 aliphatic heterocycles. The number of benzene rings is 1. The lowest BCUT2D eigenvalue weighted by Crippen LogP contribution is -2.39. The van der Waals surface area contributed by atoms with Crippen molar-refractivity contribution in [3.8, 4) is 11.5 Å². The Hall–Kier alpha value is -3.07. The minimum absolute atomic E-state index is 0.00997. The van der Waals surface area contributed by atoms with E-state index in [1.807, 2.05) is 29.2 Å². The molecule has 38 heavy (non-hydrogen) atoms. The third-order valence-corrected chi connectivity index (χ3v) is 7.83. The molecular formula is C29H37N5O4. The molecule has 0 unspecified atom stereocenters. The van der Waals surface area contributed by atoms with E-state index < -0.39 is 0 Å². The van der Waals surface area contributed by atoms with Crippen LogP contribution in [0.3, 0.4) is 0 Å². The molecule has 3 fully saturated rings. The predicted octanol–water partition coefficient (Wildman–Crippen LogP) is 5.20. The number of hydrogen-bond donors (Lipinski definition) is 0. The van der Waals surface area contributed by atoms with Gasteiger partial charge in [0, 0.05) is 56.2 Å². The number of ether oxygens (including phenoxy) is 1. The lowest BCUT2D eigenvalue weighted by molar-refractivity contribution is -0.125. The Morgan fingerprint density at radius 2 is 1.61 bits per heavy atom. The van der Waals surface area contributed by atoms with E-state index in [9.17, 15) is 4.79 Å². The Kier molecular flexibility index (Phi) is 7.81. The van der Waals surface area contributed by atoms with Crippen LogP contribution in [0.5, 0.6) is 0 Å². The van der Waals surface area contributed by atoms with Gasteiger partial charge in [-0.05, 0) is 81.4 Å². The quantitative estimate of drug-likeness (QED) is 0.284. The number of aromatic nitrogens is 4. The van der Waals surface area contributed by atoms with E-state index in [4.69, 9.17) is 13.8 Å². The van der Waals surface area contributed by atoms with Crippen molar-refractivity contribution in [2.24, 2.45) is 17.8 Å². The molecule has 202 valence electrons. The highest BCUT2D eigenvalue weighted by Crippen LogP contribution is 2.33. The number of carbonyl (C=O) groups is 1. The standard InChI is InChI=1S/C29H37N5O4/c35-29(22-12-15-36-16-13-22)34(14-3-1-2-7-27-30-25(32-37-27)17-20-8-9-20)24-6-4-5-23(19-24)28-31-26(33-38-28)18-21-10-11-21/h4-6,19-22H,1-3,7-18H2. The molecule has 9 nitrogen and oxygen atoms in total. The molecule has 0 spiro atoms. The minimum Gasteiger partial charge on any atom is -0.381 e. The zero-order valence-electron chi connectivity index (χ0n) is 22.0. The molecule has 0 radical (unpaired) electrons. The number of unbranched alkanes of at least 4 members (excludes halogenated alkanes) is 2. The Bertz CT molecular complexity index is 1210. The van der Waals surface area contributed by atoms with Crippen molar-refractivity contribution in [1.29, 1.82) is 0 Å². The van der Waals surface area contributed by atoms with E-state index in [0.29, 0.717) is 31.6 Å². The van der Waals surface area contributed by atoms with Gasteiger partial charge in [-0.25, -0.2) is 0 Å². The molecule has 1 saturated heterocycles. The predicted molar refractivity (Wildman–Crippen MR) is 140 cm³/mol. The number of carbonyl (C=O) groups excluding carboxylic acids is 1. The summed E-state index contributed by atoms with van der Waals surface area (Å²) in [5.41, 5.74) is 1.72. The molecular weight excluding hydrogens is 482 g/mol. The fourth-order valence-corrected chi connectivity index (χ4v) is 5.15. The van der Waals surface area contributed by atoms with Crippen LogP contribution in [0.25, 0.3) is 11.5 Å². The summed E-state index contributed by atoms with van der Waals surface area (Å²) in [5.74, 6) is 4.47. The molecule has 1 aromatic carbocycles. The molecule has 3 heterocycles. The van der Waals surface area contributed by atoms with Crippen LogP contribution in [0.15, 0.2) is 33.3 Å². The highest BCUT2D eigenvalue weighted by Gasteiger charge is 2.28. The molecule has 0 atom stereocenters. The first kappa shape index (κ1) is 25.2. The van der Waals surface area contributed by atoms with Gasteiger partial charge in [-0.15, -0.1) is 0 Å². The SMILES string of the molecule is O=C(C1CCOCC1)N(CCCCCc1nc(CC2CC2)no1)c1cccc(-c2nc(CC3CC3)no2)c1. The van der Waals surface area contributed by atoms with Crippen molar-refractivity contribution in [3.63, 3.8) is 0 Å². The normalized spacial score (nSPS) is 18.1. The maximum Gasteiger partial charge on any atom is 0.257 e. The maximum absolute atomic E-state index is 13.6. The molecule has 9 heteroatoms. The smallest absolute Gasteiger partial charge is 0.257 e. The van der Waals surface area contributed by atoms with Crippen LogP contribution in [0, 0.1) is 17.8 Å². The number of hydrogen-bond acceptors (Lipinski definition) is 8. The Labute approximate surface area is 223 Å². The van der Waals surface area contributed by atoms with Crippen molar-refractivity contribution >= 4 is 11.6 Å². The minimum atomic E-state index is -0.00997. The second-order valence-electron chi connectivity index (χ2n) is 11.2. The van der Waals surface area contributed by atoms with Crippen LogP contribution >= 0.6 is 0 Å². The van der Waals surface area contributed by atoms with E-state index in [1.165, 1.54) is 25.7 Å². The Morgan fingerprint density at radius 1 is 0.868 bits per heavy atom. The second-order valence-corrected chi connectivity index (χ2v) is 11.2. The molecule has 2 aromatic heterocycles. The van der Waals surface area contributed by atoms with Gasteiger partial charge in [0.05, 0.1) is 0 Å². The van der Waals surface area contributed by atoms with Crippen molar-refractivity contribution in [1.82, 2.24) is 20.3 Å². The van der Waals surface area contributed by atoms with Gasteiger partial charge in [0.25, 0.3) is 5.89 Å². The molecule has 2 aliphatic carbocycles. The fraction of sp³-hybridized carbons (Fsp3) is 0.621. The van der Waals surface area contributed by atoms with Crippen molar-refractivity contribution in [3.05, 3.63) is 41.8 Å². The lowest BCUT2D eigenvalue weighted by Gasteiger charge is -2.29. The summed E-state index contributed by atoms with van der Waals surface area (Å²) in [6, 6.07) is 7.94. The third-order valence-electron chi connectivity index (χ3n) is 7.83. The van der Waals surface area contributed by atoms with E-state index in [-0.39, 0.29) is 11.8 Å². The number of amides is 1. The van der Waals surface area contributed by atoms with Crippen LogP contribution < -0.4 is 4.90 Å². The third kappa shape index (κ3) is 6.67. The Balaban J connectivity index is 1.09. The second kappa shape index (κ2) is 11.8. The summed E-state index contributed by atoms with van der Waals surface area (Å²) in [6.07, 6.45) is 12.0. The van der Waals surface area contributed by atoms with Crippen molar-refractivity contribution in [2.45, 2.75) is 77.0 Å². The highest BCUT2D eigenvalue weighted by molar-refractivity contribution is 5.95. The number of nitrogens with zero attached hydrogens (tertiary/aromatic N) is 5. The topological polar surface area (TPSA) is 107 Å². The van der Waals surface area contributed by atoms with Gasteiger partial charge < -0.3 is 18.7 Å². The fourth-order valence-electron chi connectivity index (χ4n) is 5.15. The molecule has 6 rings (SSSR count). The first-order valence-corrected chi connectivity index (χ1v) is 14.3. The van der Waals surface area contributed by atoms with Crippen LogP contribution in [-0.2, 0) is 28.8 Å². The lowest BCUT2D eigenvalue weighted by atomic mass is 9.98. The van der Waals surface area contributed by atoms with Crippen LogP contribution in [0.4, 0.5) is 5.69 Å². The zero-order valence-corrected chi connectivity index (χ0v) is 22.0. The largest absolute Gasteiger partial charge is 0.381 e. The maximum atomic E-state index is 13.6. The van der Waals surface area contributed by atoms with Gasteiger partial charge in [-0.2, -0.15) is 9.97 Å². The molecule has 1 amide bonds. The summed E-state index contributed by atoms with van der Waals surface area (Å²) in [5, 5.41) is 8.29. The number of aryl methyl sites for hydroxylation is 1. The van der Waals surface area contributed by atoms with Gasteiger partial charge in [0.15, 0.2) is 11.6 Å². The average Bonchev–Trinajstić information content (AvgIpc) is 3.85. The van der Waals surface area contributed by atoms with Gasteiger partial charge in [0.1, 0.15) is 0 Å². The molecule has 3 aromatic rings. The molecule has 0 bridgehead atoms. The van der Waals surface area contributed by atoms with Gasteiger partial charge in [-0.3, -0.25) is 4.79 Å². The van der Waals surface area contributed by atoms with E-state index in [1.54, 1.807) is 0 Å². The molecule has 2 saturated carbocycles. The van der Waals surface area contributed by atoms with Crippen LogP contribution in [-0.4, -0.2) is 45.9 Å². The summed E-state index contributed by atoms with van der Waals surface area (Å²) >= 11 is 0. The van der Waals surface area contributed by atoms with Gasteiger partial charge >= 0.3 is 0 Å². The summed E-state index contributed by atoms with van der Waals surface area (Å²) < 4.78 is 16.5. The first-order chi connectivity index (χ1) is 18.7. The highest BCUT2D eigenvalue weighted by atomic mass is 16.5.